The maximum absolute atomic E-state index is 13.4. The minimum absolute atomic E-state index is 0.217. The van der Waals surface area contributed by atoms with Crippen LogP contribution in [0.25, 0.3) is 0 Å². The molecule has 0 spiro atoms. The van der Waals surface area contributed by atoms with Crippen molar-refractivity contribution in [1.29, 1.82) is 0 Å². The quantitative estimate of drug-likeness (QED) is 0.797. The van der Waals surface area contributed by atoms with E-state index in [-0.39, 0.29) is 11.6 Å². The van der Waals surface area contributed by atoms with E-state index in [2.05, 4.69) is 4.90 Å². The number of likely N-dealkylation sites (tertiary alicyclic amines) is 1. The number of piperidine rings is 1. The molecule has 0 radical (unpaired) electrons. The van der Waals surface area contributed by atoms with Crippen molar-refractivity contribution in [1.82, 2.24) is 4.90 Å². The van der Waals surface area contributed by atoms with Gasteiger partial charge in [-0.15, -0.1) is 0 Å². The minimum atomic E-state index is -1.02. The molecule has 4 nitrogen and oxygen atoms in total. The normalized spacial score (nSPS) is 18.9. The van der Waals surface area contributed by atoms with Crippen molar-refractivity contribution in [3.05, 3.63) is 65.0 Å². The molecule has 1 aliphatic heterocycles. The molecule has 5 heteroatoms. The van der Waals surface area contributed by atoms with Gasteiger partial charge >= 0.3 is 0 Å². The molecule has 25 heavy (non-hydrogen) atoms. The van der Waals surface area contributed by atoms with Crippen molar-refractivity contribution in [2.24, 2.45) is 0 Å². The number of aryl methyl sites for hydroxylation is 1. The van der Waals surface area contributed by atoms with Crippen molar-refractivity contribution in [3.8, 4) is 5.75 Å². The number of β-amino-alcohol motifs (C(OH)–C–C–N with tert-alkyl or cyclic N) is 1. The van der Waals surface area contributed by atoms with Crippen molar-refractivity contribution < 1.29 is 19.7 Å². The van der Waals surface area contributed by atoms with Crippen LogP contribution in [0.3, 0.4) is 0 Å². The van der Waals surface area contributed by atoms with Gasteiger partial charge in [0.25, 0.3) is 0 Å². The van der Waals surface area contributed by atoms with Gasteiger partial charge < -0.3 is 20.2 Å². The Morgan fingerprint density at radius 2 is 1.88 bits per heavy atom. The third kappa shape index (κ3) is 4.00. The molecular formula is C20H24FNO3. The molecule has 3 rings (SSSR count). The predicted molar refractivity (Wildman–Crippen MR) is 93.8 cm³/mol. The second-order valence-electron chi connectivity index (χ2n) is 6.90. The zero-order valence-corrected chi connectivity index (χ0v) is 14.3. The second-order valence-corrected chi connectivity index (χ2v) is 6.90. The number of phenolic OH excluding ortho intramolecular Hbond substituents is 1. The number of nitrogens with zero attached hydrogens (tertiary/aromatic N) is 1. The number of rotatable bonds is 4. The maximum Gasteiger partial charge on any atom is 0.123 e. The smallest absolute Gasteiger partial charge is 0.123 e. The summed E-state index contributed by atoms with van der Waals surface area (Å²) in [6, 6.07) is 11.2. The summed E-state index contributed by atoms with van der Waals surface area (Å²) >= 11 is 0. The fourth-order valence-electron chi connectivity index (χ4n) is 3.41. The van der Waals surface area contributed by atoms with Crippen LogP contribution in [-0.4, -0.2) is 39.9 Å². The number of halogens is 1. The van der Waals surface area contributed by atoms with E-state index >= 15 is 0 Å². The molecule has 0 amide bonds. The average Bonchev–Trinajstić information content (AvgIpc) is 2.59. The Labute approximate surface area is 147 Å². The molecule has 1 unspecified atom stereocenters. The van der Waals surface area contributed by atoms with Crippen LogP contribution in [0.1, 0.15) is 35.6 Å². The van der Waals surface area contributed by atoms with Crippen LogP contribution in [0.15, 0.2) is 42.5 Å². The highest BCUT2D eigenvalue weighted by Crippen LogP contribution is 2.33. The monoisotopic (exact) mass is 345 g/mol. The summed E-state index contributed by atoms with van der Waals surface area (Å²) in [6.07, 6.45) is 0.343. The number of aliphatic hydroxyl groups excluding tert-OH is 1. The van der Waals surface area contributed by atoms with Gasteiger partial charge in [0.15, 0.2) is 0 Å². The molecule has 1 saturated heterocycles. The first kappa shape index (κ1) is 17.9. The first-order valence-corrected chi connectivity index (χ1v) is 8.56. The Morgan fingerprint density at radius 1 is 1.16 bits per heavy atom. The fraction of sp³-hybridized carbons (Fsp3) is 0.400. The predicted octanol–water partition coefficient (Wildman–Crippen LogP) is 2.86. The van der Waals surface area contributed by atoms with Gasteiger partial charge in [0.2, 0.25) is 0 Å². The Kier molecular flexibility index (Phi) is 5.08. The zero-order valence-electron chi connectivity index (χ0n) is 14.3. The van der Waals surface area contributed by atoms with E-state index in [1.165, 1.54) is 12.1 Å². The van der Waals surface area contributed by atoms with E-state index in [4.69, 9.17) is 0 Å². The van der Waals surface area contributed by atoms with Gasteiger partial charge in [0, 0.05) is 19.6 Å². The lowest BCUT2D eigenvalue weighted by Gasteiger charge is -2.39. The van der Waals surface area contributed by atoms with Crippen molar-refractivity contribution >= 4 is 0 Å². The van der Waals surface area contributed by atoms with Gasteiger partial charge in [-0.1, -0.05) is 18.2 Å². The number of hydrogen-bond acceptors (Lipinski definition) is 4. The van der Waals surface area contributed by atoms with E-state index in [0.717, 1.165) is 11.1 Å². The van der Waals surface area contributed by atoms with E-state index < -0.39 is 11.7 Å². The van der Waals surface area contributed by atoms with Crippen molar-refractivity contribution in [2.75, 3.05) is 19.6 Å². The summed E-state index contributed by atoms with van der Waals surface area (Å²) in [4.78, 5) is 2.10. The molecule has 134 valence electrons. The number of aliphatic hydroxyl groups is 2. The van der Waals surface area contributed by atoms with Crippen LogP contribution in [-0.2, 0) is 5.60 Å². The van der Waals surface area contributed by atoms with Crippen LogP contribution in [0.5, 0.6) is 5.75 Å². The van der Waals surface area contributed by atoms with Gasteiger partial charge in [0.05, 0.1) is 11.7 Å². The average molecular weight is 345 g/mol. The third-order valence-electron chi connectivity index (χ3n) is 5.08. The number of benzene rings is 2. The Bertz CT molecular complexity index is 741. The Hall–Kier alpha value is -1.95. The molecule has 1 heterocycles. The second kappa shape index (κ2) is 7.12. The number of hydrogen-bond donors (Lipinski definition) is 3. The molecule has 0 aliphatic carbocycles. The Balaban J connectivity index is 1.61. The highest BCUT2D eigenvalue weighted by atomic mass is 19.1. The summed E-state index contributed by atoms with van der Waals surface area (Å²) in [5.41, 5.74) is 1.09. The first-order chi connectivity index (χ1) is 11.9. The van der Waals surface area contributed by atoms with Gasteiger partial charge in [-0.2, -0.15) is 0 Å². The molecule has 3 N–H and O–H groups in total. The SMILES string of the molecule is Cc1cc(C(O)CN2CCC(O)(c3cccc(F)c3)CC2)ccc1O. The molecule has 2 aromatic carbocycles. The standard InChI is InChI=1S/C20H24FNO3/c1-14-11-15(5-6-18(14)23)19(24)13-22-9-7-20(25,8-10-22)16-3-2-4-17(21)12-16/h2-6,11-12,19,23-25H,7-10,13H2,1H3. The Morgan fingerprint density at radius 3 is 2.52 bits per heavy atom. The summed E-state index contributed by atoms with van der Waals surface area (Å²) in [7, 11) is 0. The molecule has 0 aromatic heterocycles. The largest absolute Gasteiger partial charge is 0.508 e. The summed E-state index contributed by atoms with van der Waals surface area (Å²) in [5.74, 6) is -0.124. The molecule has 0 saturated carbocycles. The van der Waals surface area contributed by atoms with Crippen LogP contribution >= 0.6 is 0 Å². The van der Waals surface area contributed by atoms with E-state index in [0.29, 0.717) is 38.0 Å². The van der Waals surface area contributed by atoms with Gasteiger partial charge in [-0.25, -0.2) is 4.39 Å². The highest BCUT2D eigenvalue weighted by Gasteiger charge is 2.34. The first-order valence-electron chi connectivity index (χ1n) is 8.56. The van der Waals surface area contributed by atoms with Crippen LogP contribution in [0, 0.1) is 12.7 Å². The summed E-state index contributed by atoms with van der Waals surface area (Å²) < 4.78 is 13.4. The third-order valence-corrected chi connectivity index (χ3v) is 5.08. The molecule has 1 aliphatic rings. The highest BCUT2D eigenvalue weighted by molar-refractivity contribution is 5.36. The van der Waals surface area contributed by atoms with Crippen LogP contribution in [0.2, 0.25) is 0 Å². The topological polar surface area (TPSA) is 63.9 Å². The van der Waals surface area contributed by atoms with Crippen molar-refractivity contribution in [2.45, 2.75) is 31.5 Å². The van der Waals surface area contributed by atoms with Gasteiger partial charge in [-0.3, -0.25) is 0 Å². The van der Waals surface area contributed by atoms with E-state index in [1.807, 2.05) is 0 Å². The lowest BCUT2D eigenvalue weighted by Crippen LogP contribution is -2.44. The zero-order chi connectivity index (χ0) is 18.0. The molecule has 0 bridgehead atoms. The van der Waals surface area contributed by atoms with E-state index in [1.54, 1.807) is 37.3 Å². The van der Waals surface area contributed by atoms with Gasteiger partial charge in [-0.05, 0) is 60.7 Å². The summed E-state index contributed by atoms with van der Waals surface area (Å²) in [5, 5.41) is 30.8. The van der Waals surface area contributed by atoms with E-state index in [9.17, 15) is 19.7 Å². The van der Waals surface area contributed by atoms with Crippen LogP contribution < -0.4 is 0 Å². The molecule has 2 aromatic rings. The minimum Gasteiger partial charge on any atom is -0.508 e. The lowest BCUT2D eigenvalue weighted by molar-refractivity contribution is -0.0346. The maximum atomic E-state index is 13.4. The molecule has 1 atom stereocenters. The summed E-state index contributed by atoms with van der Waals surface area (Å²) in [6.45, 7) is 3.51. The molecule has 1 fully saturated rings. The van der Waals surface area contributed by atoms with Gasteiger partial charge in [0.1, 0.15) is 11.6 Å². The van der Waals surface area contributed by atoms with Crippen LogP contribution in [0.4, 0.5) is 4.39 Å². The lowest BCUT2D eigenvalue weighted by atomic mass is 9.84. The van der Waals surface area contributed by atoms with Crippen molar-refractivity contribution in [3.63, 3.8) is 0 Å². The number of aromatic hydroxyl groups is 1. The number of phenols is 1. The fourth-order valence-corrected chi connectivity index (χ4v) is 3.41. The molecular weight excluding hydrogens is 321 g/mol.